The van der Waals surface area contributed by atoms with E-state index in [4.69, 9.17) is 30.2 Å². The van der Waals surface area contributed by atoms with Crippen molar-refractivity contribution < 1.29 is 28.2 Å². The molecule has 1 aromatic carbocycles. The minimum absolute atomic E-state index is 0.0413. The zero-order valence-corrected chi connectivity index (χ0v) is 14.1. The predicted molar refractivity (Wildman–Crippen MR) is 87.0 cm³/mol. The van der Waals surface area contributed by atoms with Gasteiger partial charge in [0, 0.05) is 5.56 Å². The largest absolute Gasteiger partial charge is 0.490 e. The summed E-state index contributed by atoms with van der Waals surface area (Å²) in [6, 6.07) is 6.15. The van der Waals surface area contributed by atoms with Crippen LogP contribution in [0.3, 0.4) is 0 Å². The van der Waals surface area contributed by atoms with Gasteiger partial charge in [0.2, 0.25) is 5.76 Å². The van der Waals surface area contributed by atoms with E-state index in [1.165, 1.54) is 12.1 Å². The molecular weight excluding hydrogens is 336 g/mol. The standard InChI is InChI=1S/C17H17ClO6/c1-3-21-15-8-11(9-19)7-13(18)16(15)23-10-12-5-6-14(24-12)17(20)22-4-2/h5-9H,3-4,10H2,1-2H3. The Bertz CT molecular complexity index is 722. The van der Waals surface area contributed by atoms with Gasteiger partial charge in [0.25, 0.3) is 0 Å². The van der Waals surface area contributed by atoms with Crippen molar-refractivity contribution in [1.29, 1.82) is 0 Å². The van der Waals surface area contributed by atoms with Crippen molar-refractivity contribution in [3.63, 3.8) is 0 Å². The second-order valence-electron chi connectivity index (χ2n) is 4.66. The second-order valence-corrected chi connectivity index (χ2v) is 5.06. The summed E-state index contributed by atoms with van der Waals surface area (Å²) < 4.78 is 21.3. The van der Waals surface area contributed by atoms with Gasteiger partial charge in [-0.1, -0.05) is 11.6 Å². The summed E-state index contributed by atoms with van der Waals surface area (Å²) in [7, 11) is 0. The molecule has 1 heterocycles. The third-order valence-electron chi connectivity index (χ3n) is 2.96. The maximum absolute atomic E-state index is 11.6. The molecule has 2 aromatic rings. The molecule has 0 N–H and O–H groups in total. The molecule has 24 heavy (non-hydrogen) atoms. The lowest BCUT2D eigenvalue weighted by molar-refractivity contribution is 0.0486. The summed E-state index contributed by atoms with van der Waals surface area (Å²) in [4.78, 5) is 22.5. The summed E-state index contributed by atoms with van der Waals surface area (Å²) >= 11 is 6.14. The molecule has 0 saturated heterocycles. The fraction of sp³-hybridized carbons (Fsp3) is 0.294. The van der Waals surface area contributed by atoms with Crippen molar-refractivity contribution in [2.24, 2.45) is 0 Å². The maximum Gasteiger partial charge on any atom is 0.374 e. The number of esters is 1. The van der Waals surface area contributed by atoms with E-state index < -0.39 is 5.97 Å². The predicted octanol–water partition coefficient (Wildman–Crippen LogP) is 3.90. The average molecular weight is 353 g/mol. The van der Waals surface area contributed by atoms with Crippen LogP contribution in [0.25, 0.3) is 0 Å². The van der Waals surface area contributed by atoms with Gasteiger partial charge >= 0.3 is 5.97 Å². The Hall–Kier alpha value is -2.47. The van der Waals surface area contributed by atoms with Gasteiger partial charge in [0.15, 0.2) is 11.5 Å². The quantitative estimate of drug-likeness (QED) is 0.530. The highest BCUT2D eigenvalue weighted by Crippen LogP contribution is 2.37. The molecule has 7 heteroatoms. The molecule has 0 aliphatic heterocycles. The highest BCUT2D eigenvalue weighted by molar-refractivity contribution is 6.32. The van der Waals surface area contributed by atoms with E-state index >= 15 is 0 Å². The number of carbonyl (C=O) groups excluding carboxylic acids is 2. The SMILES string of the molecule is CCOC(=O)c1ccc(COc2c(Cl)cc(C=O)cc2OCC)o1. The van der Waals surface area contributed by atoms with Crippen LogP contribution in [0.4, 0.5) is 0 Å². The summed E-state index contributed by atoms with van der Waals surface area (Å²) in [5.74, 6) is 0.661. The lowest BCUT2D eigenvalue weighted by atomic mass is 10.2. The van der Waals surface area contributed by atoms with Gasteiger partial charge in [-0.25, -0.2) is 4.79 Å². The zero-order valence-electron chi connectivity index (χ0n) is 13.3. The summed E-state index contributed by atoms with van der Waals surface area (Å²) in [5, 5.41) is 0.250. The van der Waals surface area contributed by atoms with Crippen molar-refractivity contribution in [1.82, 2.24) is 0 Å². The molecule has 0 saturated carbocycles. The third kappa shape index (κ3) is 4.29. The van der Waals surface area contributed by atoms with E-state index in [0.29, 0.717) is 35.7 Å². The zero-order chi connectivity index (χ0) is 17.5. The van der Waals surface area contributed by atoms with Crippen LogP contribution in [0.1, 0.15) is 40.5 Å². The molecule has 0 radical (unpaired) electrons. The Kier molecular flexibility index (Phi) is 6.26. The first-order chi connectivity index (χ1) is 11.6. The smallest absolute Gasteiger partial charge is 0.374 e. The van der Waals surface area contributed by atoms with Crippen LogP contribution < -0.4 is 9.47 Å². The number of benzene rings is 1. The molecule has 1 aromatic heterocycles. The molecule has 0 fully saturated rings. The molecule has 0 spiro atoms. The molecule has 0 aliphatic rings. The number of rotatable bonds is 8. The Labute approximate surface area is 144 Å². The second kappa shape index (κ2) is 8.40. The van der Waals surface area contributed by atoms with Gasteiger partial charge in [-0.15, -0.1) is 0 Å². The van der Waals surface area contributed by atoms with Gasteiger partial charge in [-0.05, 0) is 38.1 Å². The number of ether oxygens (including phenoxy) is 3. The third-order valence-corrected chi connectivity index (χ3v) is 3.25. The number of hydrogen-bond donors (Lipinski definition) is 0. The Balaban J connectivity index is 2.14. The van der Waals surface area contributed by atoms with Crippen molar-refractivity contribution in [2.75, 3.05) is 13.2 Å². The van der Waals surface area contributed by atoms with Gasteiger partial charge in [-0.3, -0.25) is 4.79 Å². The molecular formula is C17H17ClO6. The van der Waals surface area contributed by atoms with Gasteiger partial charge < -0.3 is 18.6 Å². The lowest BCUT2D eigenvalue weighted by Gasteiger charge is -2.13. The molecule has 128 valence electrons. The van der Waals surface area contributed by atoms with E-state index in [1.54, 1.807) is 19.1 Å². The van der Waals surface area contributed by atoms with Gasteiger partial charge in [-0.2, -0.15) is 0 Å². The fourth-order valence-corrected chi connectivity index (χ4v) is 2.24. The van der Waals surface area contributed by atoms with Gasteiger partial charge in [0.05, 0.1) is 18.2 Å². The van der Waals surface area contributed by atoms with Crippen LogP contribution in [0.5, 0.6) is 11.5 Å². The van der Waals surface area contributed by atoms with Crippen molar-refractivity contribution in [3.05, 3.63) is 46.4 Å². The number of furan rings is 1. The van der Waals surface area contributed by atoms with Crippen LogP contribution >= 0.6 is 11.6 Å². The summed E-state index contributed by atoms with van der Waals surface area (Å²) in [6.07, 6.45) is 0.677. The molecule has 0 atom stereocenters. The summed E-state index contributed by atoms with van der Waals surface area (Å²) in [5.41, 5.74) is 0.387. The monoisotopic (exact) mass is 352 g/mol. The van der Waals surface area contributed by atoms with Crippen molar-refractivity contribution >= 4 is 23.9 Å². The molecule has 0 aliphatic carbocycles. The normalized spacial score (nSPS) is 10.3. The minimum Gasteiger partial charge on any atom is -0.490 e. The first-order valence-electron chi connectivity index (χ1n) is 7.39. The van der Waals surface area contributed by atoms with E-state index in [-0.39, 0.29) is 24.0 Å². The minimum atomic E-state index is -0.535. The Morgan fingerprint density at radius 1 is 1.21 bits per heavy atom. The topological polar surface area (TPSA) is 75.0 Å². The van der Waals surface area contributed by atoms with Crippen LogP contribution in [0.2, 0.25) is 5.02 Å². The Morgan fingerprint density at radius 3 is 2.67 bits per heavy atom. The van der Waals surface area contributed by atoms with Crippen LogP contribution in [-0.2, 0) is 11.3 Å². The molecule has 0 unspecified atom stereocenters. The van der Waals surface area contributed by atoms with Crippen LogP contribution in [0.15, 0.2) is 28.7 Å². The summed E-state index contributed by atoms with van der Waals surface area (Å²) in [6.45, 7) is 4.22. The van der Waals surface area contributed by atoms with Gasteiger partial charge in [0.1, 0.15) is 18.7 Å². The molecule has 6 nitrogen and oxygen atoms in total. The number of aldehydes is 1. The highest BCUT2D eigenvalue weighted by Gasteiger charge is 2.15. The van der Waals surface area contributed by atoms with Crippen molar-refractivity contribution in [3.8, 4) is 11.5 Å². The average Bonchev–Trinajstić information content (AvgIpc) is 3.03. The van der Waals surface area contributed by atoms with E-state index in [0.717, 1.165) is 0 Å². The molecule has 2 rings (SSSR count). The van der Waals surface area contributed by atoms with Crippen LogP contribution in [-0.4, -0.2) is 25.5 Å². The first-order valence-corrected chi connectivity index (χ1v) is 7.77. The number of halogens is 1. The van der Waals surface area contributed by atoms with E-state index in [2.05, 4.69) is 0 Å². The van der Waals surface area contributed by atoms with Crippen LogP contribution in [0, 0.1) is 0 Å². The number of carbonyl (C=O) groups is 2. The van der Waals surface area contributed by atoms with E-state index in [1.807, 2.05) is 6.92 Å². The van der Waals surface area contributed by atoms with E-state index in [9.17, 15) is 9.59 Å². The molecule has 0 bridgehead atoms. The first kappa shape index (κ1) is 17.9. The molecule has 0 amide bonds. The Morgan fingerprint density at radius 2 is 2.00 bits per heavy atom. The lowest BCUT2D eigenvalue weighted by Crippen LogP contribution is -2.03. The fourth-order valence-electron chi connectivity index (χ4n) is 1.97. The van der Waals surface area contributed by atoms with Crippen molar-refractivity contribution in [2.45, 2.75) is 20.5 Å². The number of hydrogen-bond acceptors (Lipinski definition) is 6. The maximum atomic E-state index is 11.6. The highest BCUT2D eigenvalue weighted by atomic mass is 35.5.